The van der Waals surface area contributed by atoms with Crippen molar-refractivity contribution in [3.8, 4) is 5.75 Å². The molecule has 0 saturated carbocycles. The summed E-state index contributed by atoms with van der Waals surface area (Å²) in [5.41, 5.74) is 0.744. The standard InChI is InChI=1S/C15H22N2O2/c1-13(18)16-14-7-3-4-8-15(14)19-12-11-17-9-5-2-6-10-17/h3-4,7-8H,2,5-6,9-12H2,1H3,(H,16,18). The monoisotopic (exact) mass is 262 g/mol. The molecular weight excluding hydrogens is 240 g/mol. The van der Waals surface area contributed by atoms with Gasteiger partial charge in [-0.2, -0.15) is 0 Å². The first kappa shape index (κ1) is 13.9. The summed E-state index contributed by atoms with van der Waals surface area (Å²) in [5.74, 6) is 0.668. The molecule has 1 aromatic rings. The fourth-order valence-corrected chi connectivity index (χ4v) is 2.35. The van der Waals surface area contributed by atoms with Crippen LogP contribution in [0.2, 0.25) is 0 Å². The topological polar surface area (TPSA) is 41.6 Å². The van der Waals surface area contributed by atoms with Crippen molar-refractivity contribution in [2.45, 2.75) is 26.2 Å². The maximum atomic E-state index is 11.1. The highest BCUT2D eigenvalue weighted by Gasteiger charge is 2.10. The van der Waals surface area contributed by atoms with Crippen LogP contribution in [0, 0.1) is 0 Å². The number of para-hydroxylation sites is 2. The number of hydrogen-bond acceptors (Lipinski definition) is 3. The fraction of sp³-hybridized carbons (Fsp3) is 0.533. The van der Waals surface area contributed by atoms with Crippen molar-refractivity contribution in [1.29, 1.82) is 0 Å². The summed E-state index contributed by atoms with van der Waals surface area (Å²) in [5, 5.41) is 2.78. The fourth-order valence-electron chi connectivity index (χ4n) is 2.35. The minimum atomic E-state index is -0.0768. The van der Waals surface area contributed by atoms with Crippen molar-refractivity contribution in [2.75, 3.05) is 31.6 Å². The second-order valence-electron chi connectivity index (χ2n) is 4.93. The summed E-state index contributed by atoms with van der Waals surface area (Å²) in [4.78, 5) is 13.5. The van der Waals surface area contributed by atoms with Crippen LogP contribution >= 0.6 is 0 Å². The summed E-state index contributed by atoms with van der Waals surface area (Å²) < 4.78 is 5.78. The van der Waals surface area contributed by atoms with Gasteiger partial charge in [0.05, 0.1) is 5.69 Å². The van der Waals surface area contributed by atoms with Gasteiger partial charge in [-0.25, -0.2) is 0 Å². The smallest absolute Gasteiger partial charge is 0.221 e. The molecule has 1 heterocycles. The number of benzene rings is 1. The molecule has 0 spiro atoms. The van der Waals surface area contributed by atoms with Crippen molar-refractivity contribution in [3.05, 3.63) is 24.3 Å². The van der Waals surface area contributed by atoms with Crippen molar-refractivity contribution >= 4 is 11.6 Å². The van der Waals surface area contributed by atoms with Gasteiger partial charge in [0.2, 0.25) is 5.91 Å². The van der Waals surface area contributed by atoms with E-state index in [9.17, 15) is 4.79 Å². The highest BCUT2D eigenvalue weighted by molar-refractivity contribution is 5.90. The molecule has 0 radical (unpaired) electrons. The predicted octanol–water partition coefficient (Wildman–Crippen LogP) is 2.51. The zero-order chi connectivity index (χ0) is 13.5. The Morgan fingerprint density at radius 2 is 2.00 bits per heavy atom. The van der Waals surface area contributed by atoms with Crippen molar-refractivity contribution in [1.82, 2.24) is 4.90 Å². The van der Waals surface area contributed by atoms with E-state index in [1.807, 2.05) is 24.3 Å². The quantitative estimate of drug-likeness (QED) is 0.886. The molecule has 2 rings (SSSR count). The highest BCUT2D eigenvalue weighted by atomic mass is 16.5. The van der Waals surface area contributed by atoms with E-state index in [0.717, 1.165) is 18.0 Å². The normalized spacial score (nSPS) is 16.1. The molecular formula is C15H22N2O2. The molecule has 4 nitrogen and oxygen atoms in total. The maximum Gasteiger partial charge on any atom is 0.221 e. The van der Waals surface area contributed by atoms with E-state index in [1.54, 1.807) is 0 Å². The van der Waals surface area contributed by atoms with Crippen molar-refractivity contribution in [2.24, 2.45) is 0 Å². The first-order valence-corrected chi connectivity index (χ1v) is 6.97. The number of hydrogen-bond donors (Lipinski definition) is 1. The Labute approximate surface area is 114 Å². The third-order valence-electron chi connectivity index (χ3n) is 3.31. The van der Waals surface area contributed by atoms with Crippen molar-refractivity contribution in [3.63, 3.8) is 0 Å². The summed E-state index contributed by atoms with van der Waals surface area (Å²) >= 11 is 0. The third-order valence-corrected chi connectivity index (χ3v) is 3.31. The van der Waals surface area contributed by atoms with Gasteiger partial charge >= 0.3 is 0 Å². The SMILES string of the molecule is CC(=O)Nc1ccccc1OCCN1CCCCC1. The Bertz CT molecular complexity index is 414. The number of nitrogens with zero attached hydrogens (tertiary/aromatic N) is 1. The Morgan fingerprint density at radius 3 is 2.74 bits per heavy atom. The molecule has 1 amide bonds. The number of rotatable bonds is 5. The molecule has 1 aliphatic heterocycles. The minimum Gasteiger partial charge on any atom is -0.490 e. The van der Waals surface area contributed by atoms with Gasteiger partial charge in [0.25, 0.3) is 0 Å². The van der Waals surface area contributed by atoms with Crippen LogP contribution in [0.15, 0.2) is 24.3 Å². The molecule has 0 bridgehead atoms. The van der Waals surface area contributed by atoms with E-state index >= 15 is 0 Å². The van der Waals surface area contributed by atoms with Crippen LogP contribution in [-0.4, -0.2) is 37.0 Å². The molecule has 1 aromatic carbocycles. The van der Waals surface area contributed by atoms with E-state index in [1.165, 1.54) is 39.3 Å². The average Bonchev–Trinajstić information content (AvgIpc) is 2.41. The van der Waals surface area contributed by atoms with Gasteiger partial charge in [-0.3, -0.25) is 9.69 Å². The van der Waals surface area contributed by atoms with Crippen LogP contribution in [0.5, 0.6) is 5.75 Å². The Morgan fingerprint density at radius 1 is 1.26 bits per heavy atom. The number of carbonyl (C=O) groups excluding carboxylic acids is 1. The Kier molecular flexibility index (Phi) is 5.21. The molecule has 0 aliphatic carbocycles. The van der Waals surface area contributed by atoms with Gasteiger partial charge in [0, 0.05) is 13.5 Å². The number of anilines is 1. The van der Waals surface area contributed by atoms with Gasteiger partial charge < -0.3 is 10.1 Å². The lowest BCUT2D eigenvalue weighted by molar-refractivity contribution is -0.114. The second kappa shape index (κ2) is 7.14. The van der Waals surface area contributed by atoms with E-state index in [2.05, 4.69) is 10.2 Å². The van der Waals surface area contributed by atoms with Crippen LogP contribution in [0.25, 0.3) is 0 Å². The molecule has 4 heteroatoms. The number of ether oxygens (including phenoxy) is 1. The summed E-state index contributed by atoms with van der Waals surface area (Å²) in [6.45, 7) is 5.48. The zero-order valence-electron chi connectivity index (χ0n) is 11.5. The van der Waals surface area contributed by atoms with Crippen molar-refractivity contribution < 1.29 is 9.53 Å². The zero-order valence-corrected chi connectivity index (χ0v) is 11.5. The molecule has 0 atom stereocenters. The third kappa shape index (κ3) is 4.56. The molecule has 104 valence electrons. The van der Waals surface area contributed by atoms with E-state index in [0.29, 0.717) is 6.61 Å². The number of likely N-dealkylation sites (tertiary alicyclic amines) is 1. The molecule has 0 aromatic heterocycles. The first-order valence-electron chi connectivity index (χ1n) is 6.97. The van der Waals surface area contributed by atoms with Gasteiger partial charge in [0.15, 0.2) is 0 Å². The Hall–Kier alpha value is -1.55. The molecule has 1 N–H and O–H groups in total. The first-order chi connectivity index (χ1) is 9.25. The second-order valence-corrected chi connectivity index (χ2v) is 4.93. The Balaban J connectivity index is 1.83. The lowest BCUT2D eigenvalue weighted by atomic mass is 10.1. The summed E-state index contributed by atoms with van der Waals surface area (Å²) in [6.07, 6.45) is 3.94. The largest absolute Gasteiger partial charge is 0.490 e. The van der Waals surface area contributed by atoms with Crippen LogP contribution in [-0.2, 0) is 4.79 Å². The molecule has 1 aliphatic rings. The van der Waals surface area contributed by atoms with Gasteiger partial charge in [-0.05, 0) is 38.1 Å². The molecule has 1 fully saturated rings. The van der Waals surface area contributed by atoms with Crippen LogP contribution in [0.3, 0.4) is 0 Å². The van der Waals surface area contributed by atoms with Crippen LogP contribution < -0.4 is 10.1 Å². The van der Waals surface area contributed by atoms with E-state index in [-0.39, 0.29) is 5.91 Å². The van der Waals surface area contributed by atoms with Gasteiger partial charge in [-0.15, -0.1) is 0 Å². The molecule has 1 saturated heterocycles. The van der Waals surface area contributed by atoms with E-state index in [4.69, 9.17) is 4.74 Å². The number of carbonyl (C=O) groups is 1. The minimum absolute atomic E-state index is 0.0768. The van der Waals surface area contributed by atoms with Gasteiger partial charge in [0.1, 0.15) is 12.4 Å². The van der Waals surface area contributed by atoms with Crippen LogP contribution in [0.1, 0.15) is 26.2 Å². The molecule has 19 heavy (non-hydrogen) atoms. The molecule has 0 unspecified atom stereocenters. The lowest BCUT2D eigenvalue weighted by Crippen LogP contribution is -2.33. The van der Waals surface area contributed by atoms with E-state index < -0.39 is 0 Å². The summed E-state index contributed by atoms with van der Waals surface area (Å²) in [6, 6.07) is 7.56. The number of piperidine rings is 1. The highest BCUT2D eigenvalue weighted by Crippen LogP contribution is 2.23. The predicted molar refractivity (Wildman–Crippen MR) is 76.5 cm³/mol. The van der Waals surface area contributed by atoms with Crippen LogP contribution in [0.4, 0.5) is 5.69 Å². The maximum absolute atomic E-state index is 11.1. The lowest BCUT2D eigenvalue weighted by Gasteiger charge is -2.26. The van der Waals surface area contributed by atoms with Gasteiger partial charge in [-0.1, -0.05) is 18.6 Å². The number of nitrogens with one attached hydrogen (secondary N) is 1. The number of amides is 1. The summed E-state index contributed by atoms with van der Waals surface area (Å²) in [7, 11) is 0. The average molecular weight is 262 g/mol.